The van der Waals surface area contributed by atoms with E-state index in [9.17, 15) is 4.79 Å². The first-order chi connectivity index (χ1) is 10.4. The molecule has 1 aromatic heterocycles. The van der Waals surface area contributed by atoms with Gasteiger partial charge < -0.3 is 10.6 Å². The minimum absolute atomic E-state index is 0.0230. The molecule has 0 bridgehead atoms. The van der Waals surface area contributed by atoms with Crippen LogP contribution < -0.4 is 10.6 Å². The van der Waals surface area contributed by atoms with Gasteiger partial charge in [0.15, 0.2) is 5.13 Å². The SMILES string of the molecule is Cc1sc(NC(C)C)nc1-c1ccc(NC(=O)C(C)C)cc1. The molecule has 2 rings (SSSR count). The number of aromatic nitrogens is 1. The standard InChI is InChI=1S/C17H23N3OS/c1-10(2)16(21)19-14-8-6-13(7-9-14)15-12(5)22-17(20-15)18-11(3)4/h6-11H,1-5H3,(H,18,20)(H,19,21). The third-order valence-corrected chi connectivity index (χ3v) is 4.06. The molecule has 1 aromatic carbocycles. The molecule has 0 saturated heterocycles. The summed E-state index contributed by atoms with van der Waals surface area (Å²) in [5.74, 6) is 0.00568. The molecule has 0 atom stereocenters. The van der Waals surface area contributed by atoms with Crippen molar-refractivity contribution in [1.29, 1.82) is 0 Å². The number of rotatable bonds is 5. The molecule has 0 unspecified atom stereocenters. The van der Waals surface area contributed by atoms with Crippen LogP contribution in [-0.4, -0.2) is 16.9 Å². The molecule has 5 heteroatoms. The van der Waals surface area contributed by atoms with Gasteiger partial charge in [0.2, 0.25) is 5.91 Å². The fraction of sp³-hybridized carbons (Fsp3) is 0.412. The minimum Gasteiger partial charge on any atom is -0.359 e. The fourth-order valence-corrected chi connectivity index (χ4v) is 2.95. The highest BCUT2D eigenvalue weighted by Gasteiger charge is 2.11. The lowest BCUT2D eigenvalue weighted by atomic mass is 10.1. The molecule has 0 aliphatic rings. The van der Waals surface area contributed by atoms with E-state index in [-0.39, 0.29) is 11.8 Å². The molecular weight excluding hydrogens is 294 g/mol. The van der Waals surface area contributed by atoms with Crippen LogP contribution in [0.15, 0.2) is 24.3 Å². The van der Waals surface area contributed by atoms with E-state index in [2.05, 4.69) is 36.4 Å². The van der Waals surface area contributed by atoms with Gasteiger partial charge in [-0.25, -0.2) is 4.98 Å². The van der Waals surface area contributed by atoms with Crippen molar-refractivity contribution in [2.45, 2.75) is 40.7 Å². The van der Waals surface area contributed by atoms with Gasteiger partial charge in [-0.3, -0.25) is 4.79 Å². The second-order valence-electron chi connectivity index (χ2n) is 5.94. The van der Waals surface area contributed by atoms with E-state index in [1.54, 1.807) is 11.3 Å². The van der Waals surface area contributed by atoms with Crippen molar-refractivity contribution in [3.63, 3.8) is 0 Å². The van der Waals surface area contributed by atoms with Crippen molar-refractivity contribution < 1.29 is 4.79 Å². The molecular formula is C17H23N3OS. The van der Waals surface area contributed by atoms with Crippen LogP contribution in [0.4, 0.5) is 10.8 Å². The van der Waals surface area contributed by atoms with Gasteiger partial charge in [0.05, 0.1) is 5.69 Å². The summed E-state index contributed by atoms with van der Waals surface area (Å²) in [5, 5.41) is 7.18. The second kappa shape index (κ2) is 6.92. The number of hydrogen-bond acceptors (Lipinski definition) is 4. The van der Waals surface area contributed by atoms with Crippen molar-refractivity contribution in [3.8, 4) is 11.3 Å². The topological polar surface area (TPSA) is 54.0 Å². The van der Waals surface area contributed by atoms with Gasteiger partial charge in [-0.1, -0.05) is 26.0 Å². The molecule has 0 aliphatic heterocycles. The van der Waals surface area contributed by atoms with Crippen LogP contribution in [0.1, 0.15) is 32.6 Å². The van der Waals surface area contributed by atoms with Crippen molar-refractivity contribution >= 4 is 28.1 Å². The molecule has 1 amide bonds. The minimum atomic E-state index is -0.0230. The van der Waals surface area contributed by atoms with Gasteiger partial charge in [0, 0.05) is 28.1 Å². The van der Waals surface area contributed by atoms with Gasteiger partial charge in [-0.05, 0) is 32.9 Å². The first-order valence-electron chi connectivity index (χ1n) is 7.52. The van der Waals surface area contributed by atoms with Crippen LogP contribution >= 0.6 is 11.3 Å². The van der Waals surface area contributed by atoms with Crippen LogP contribution in [-0.2, 0) is 4.79 Å². The van der Waals surface area contributed by atoms with Crippen LogP contribution in [0.2, 0.25) is 0 Å². The van der Waals surface area contributed by atoms with Crippen molar-refractivity contribution in [2.24, 2.45) is 5.92 Å². The molecule has 0 radical (unpaired) electrons. The Morgan fingerprint density at radius 1 is 1.14 bits per heavy atom. The Labute approximate surface area is 136 Å². The Kier molecular flexibility index (Phi) is 5.19. The van der Waals surface area contributed by atoms with Crippen molar-refractivity contribution in [3.05, 3.63) is 29.1 Å². The Morgan fingerprint density at radius 3 is 2.32 bits per heavy atom. The zero-order valence-electron chi connectivity index (χ0n) is 13.7. The van der Waals surface area contributed by atoms with E-state index < -0.39 is 0 Å². The number of benzene rings is 1. The highest BCUT2D eigenvalue weighted by molar-refractivity contribution is 7.16. The number of carbonyl (C=O) groups excluding carboxylic acids is 1. The van der Waals surface area contributed by atoms with Crippen molar-refractivity contribution in [1.82, 2.24) is 4.98 Å². The molecule has 0 fully saturated rings. The lowest BCUT2D eigenvalue weighted by Crippen LogP contribution is -2.17. The summed E-state index contributed by atoms with van der Waals surface area (Å²) in [6.07, 6.45) is 0. The number of carbonyl (C=O) groups is 1. The fourth-order valence-electron chi connectivity index (χ4n) is 1.97. The van der Waals surface area contributed by atoms with Crippen LogP contribution in [0.3, 0.4) is 0 Å². The lowest BCUT2D eigenvalue weighted by Gasteiger charge is -2.08. The third-order valence-electron chi connectivity index (χ3n) is 3.16. The van der Waals surface area contributed by atoms with E-state index in [1.165, 1.54) is 4.88 Å². The van der Waals surface area contributed by atoms with Gasteiger partial charge in [0.1, 0.15) is 0 Å². The Hall–Kier alpha value is -1.88. The van der Waals surface area contributed by atoms with Crippen LogP contribution in [0.5, 0.6) is 0 Å². The summed E-state index contributed by atoms with van der Waals surface area (Å²) < 4.78 is 0. The summed E-state index contributed by atoms with van der Waals surface area (Å²) in [7, 11) is 0. The Morgan fingerprint density at radius 2 is 1.77 bits per heavy atom. The average molecular weight is 317 g/mol. The number of nitrogens with one attached hydrogen (secondary N) is 2. The zero-order valence-corrected chi connectivity index (χ0v) is 14.5. The van der Waals surface area contributed by atoms with Gasteiger partial charge in [0.25, 0.3) is 0 Å². The van der Waals surface area contributed by atoms with Crippen LogP contribution in [0.25, 0.3) is 11.3 Å². The number of thiazole rings is 1. The predicted molar refractivity (Wildman–Crippen MR) is 94.5 cm³/mol. The molecule has 4 nitrogen and oxygen atoms in total. The van der Waals surface area contributed by atoms with Gasteiger partial charge in [-0.2, -0.15) is 0 Å². The van der Waals surface area contributed by atoms with Gasteiger partial charge >= 0.3 is 0 Å². The first kappa shape index (κ1) is 16.5. The maximum Gasteiger partial charge on any atom is 0.226 e. The summed E-state index contributed by atoms with van der Waals surface area (Å²) >= 11 is 1.66. The first-order valence-corrected chi connectivity index (χ1v) is 8.33. The number of amides is 1. The maximum absolute atomic E-state index is 11.7. The molecule has 2 N–H and O–H groups in total. The highest BCUT2D eigenvalue weighted by atomic mass is 32.1. The summed E-state index contributed by atoms with van der Waals surface area (Å²) in [4.78, 5) is 17.5. The molecule has 118 valence electrons. The van der Waals surface area contributed by atoms with Crippen molar-refractivity contribution in [2.75, 3.05) is 10.6 Å². The van der Waals surface area contributed by atoms with E-state index in [0.29, 0.717) is 6.04 Å². The average Bonchev–Trinajstić information content (AvgIpc) is 2.79. The Balaban J connectivity index is 2.16. The number of anilines is 2. The van der Waals surface area contributed by atoms with E-state index in [0.717, 1.165) is 22.1 Å². The molecule has 0 aliphatic carbocycles. The molecule has 2 aromatic rings. The molecule has 0 saturated carbocycles. The predicted octanol–water partition coefficient (Wildman–Crippen LogP) is 4.53. The Bertz CT molecular complexity index is 644. The second-order valence-corrected chi connectivity index (χ2v) is 7.15. The summed E-state index contributed by atoms with van der Waals surface area (Å²) in [6, 6.07) is 8.20. The lowest BCUT2D eigenvalue weighted by molar-refractivity contribution is -0.118. The number of hydrogen-bond donors (Lipinski definition) is 2. The quantitative estimate of drug-likeness (QED) is 0.851. The highest BCUT2D eigenvalue weighted by Crippen LogP contribution is 2.31. The van der Waals surface area contributed by atoms with E-state index in [1.807, 2.05) is 38.1 Å². The van der Waals surface area contributed by atoms with E-state index >= 15 is 0 Å². The maximum atomic E-state index is 11.7. The van der Waals surface area contributed by atoms with Crippen LogP contribution in [0, 0.1) is 12.8 Å². The summed E-state index contributed by atoms with van der Waals surface area (Å²) in [6.45, 7) is 10.0. The molecule has 22 heavy (non-hydrogen) atoms. The largest absolute Gasteiger partial charge is 0.359 e. The van der Waals surface area contributed by atoms with E-state index in [4.69, 9.17) is 0 Å². The normalized spacial score (nSPS) is 11.0. The number of nitrogens with zero attached hydrogens (tertiary/aromatic N) is 1. The van der Waals surface area contributed by atoms with Gasteiger partial charge in [-0.15, -0.1) is 11.3 Å². The zero-order chi connectivity index (χ0) is 16.3. The smallest absolute Gasteiger partial charge is 0.226 e. The number of aryl methyl sites for hydroxylation is 1. The molecule has 0 spiro atoms. The third kappa shape index (κ3) is 4.07. The monoisotopic (exact) mass is 317 g/mol. The summed E-state index contributed by atoms with van der Waals surface area (Å²) in [5.41, 5.74) is 2.87. The molecule has 1 heterocycles.